The first-order chi connectivity index (χ1) is 11.0. The Hall–Kier alpha value is -2.70. The Morgan fingerprint density at radius 1 is 1.22 bits per heavy atom. The first kappa shape index (κ1) is 15.2. The number of carbonyl (C=O) groups excluding carboxylic acids is 2. The van der Waals surface area contributed by atoms with Crippen LogP contribution in [0.15, 0.2) is 36.4 Å². The van der Waals surface area contributed by atoms with Crippen molar-refractivity contribution < 1.29 is 19.2 Å². The molecule has 7 heteroatoms. The minimum absolute atomic E-state index is 0.0567. The van der Waals surface area contributed by atoms with Crippen molar-refractivity contribution in [3.63, 3.8) is 0 Å². The van der Waals surface area contributed by atoms with Crippen molar-refractivity contribution >= 4 is 23.3 Å². The third-order valence-corrected chi connectivity index (χ3v) is 4.29. The maximum atomic E-state index is 12.0. The second kappa shape index (κ2) is 6.20. The zero-order chi connectivity index (χ0) is 16.4. The number of nitro benzene ring substituents is 1. The summed E-state index contributed by atoms with van der Waals surface area (Å²) in [6, 6.07) is 5.45. The van der Waals surface area contributed by atoms with Crippen LogP contribution >= 0.6 is 0 Å². The van der Waals surface area contributed by atoms with E-state index in [1.807, 2.05) is 0 Å². The number of nitrogens with zero attached hydrogens (tertiary/aromatic N) is 1. The summed E-state index contributed by atoms with van der Waals surface area (Å²) in [7, 11) is 0. The minimum atomic E-state index is -0.517. The average Bonchev–Trinajstić information content (AvgIpc) is 3.16. The molecule has 23 heavy (non-hydrogen) atoms. The number of rotatable bonds is 5. The molecule has 1 aromatic carbocycles. The standard InChI is InChI=1S/C16H16N2O5/c19-15(17-12-3-5-13(6-4-12)18(21)22)9-23-16(20)14-8-10-1-2-11(14)7-10/h1-6,10-11,14H,7-9H2,(H,17,19)/t10-,11-,14+/m0/s1. The predicted octanol–water partition coefficient (Wildman–Crippen LogP) is 2.29. The molecular weight excluding hydrogens is 300 g/mol. The van der Waals surface area contributed by atoms with E-state index in [4.69, 9.17) is 4.74 Å². The van der Waals surface area contributed by atoms with Gasteiger partial charge in [-0.25, -0.2) is 0 Å². The first-order valence-electron chi connectivity index (χ1n) is 7.42. The highest BCUT2D eigenvalue weighted by atomic mass is 16.6. The fourth-order valence-electron chi connectivity index (χ4n) is 3.16. The molecule has 0 heterocycles. The van der Waals surface area contributed by atoms with Crippen molar-refractivity contribution in [1.82, 2.24) is 0 Å². The van der Waals surface area contributed by atoms with E-state index in [0.717, 1.165) is 12.8 Å². The van der Waals surface area contributed by atoms with Gasteiger partial charge >= 0.3 is 5.97 Å². The molecule has 0 spiro atoms. The summed E-state index contributed by atoms with van der Waals surface area (Å²) in [6.45, 7) is -0.354. The van der Waals surface area contributed by atoms with Crippen LogP contribution in [0.25, 0.3) is 0 Å². The number of hydrogen-bond acceptors (Lipinski definition) is 5. The molecule has 1 amide bonds. The molecule has 120 valence electrons. The van der Waals surface area contributed by atoms with E-state index in [0.29, 0.717) is 11.6 Å². The highest BCUT2D eigenvalue weighted by Gasteiger charge is 2.40. The fourth-order valence-corrected chi connectivity index (χ4v) is 3.16. The van der Waals surface area contributed by atoms with Crippen LogP contribution in [0.2, 0.25) is 0 Å². The van der Waals surface area contributed by atoms with Crippen LogP contribution in [0, 0.1) is 27.9 Å². The molecule has 0 unspecified atom stereocenters. The van der Waals surface area contributed by atoms with Gasteiger partial charge in [-0.15, -0.1) is 0 Å². The van der Waals surface area contributed by atoms with Crippen molar-refractivity contribution in [3.8, 4) is 0 Å². The second-order valence-electron chi connectivity index (χ2n) is 5.85. The molecule has 0 aliphatic heterocycles. The molecule has 3 atom stereocenters. The van der Waals surface area contributed by atoms with Crippen LogP contribution in [0.1, 0.15) is 12.8 Å². The molecule has 1 saturated carbocycles. The number of allylic oxidation sites excluding steroid dienone is 2. The van der Waals surface area contributed by atoms with E-state index < -0.39 is 10.8 Å². The summed E-state index contributed by atoms with van der Waals surface area (Å²) < 4.78 is 5.08. The number of amides is 1. The summed E-state index contributed by atoms with van der Waals surface area (Å²) in [5.74, 6) is -0.236. The van der Waals surface area contributed by atoms with Crippen LogP contribution in [0.5, 0.6) is 0 Å². The van der Waals surface area contributed by atoms with E-state index in [1.54, 1.807) is 0 Å². The van der Waals surface area contributed by atoms with Crippen molar-refractivity contribution in [2.75, 3.05) is 11.9 Å². The van der Waals surface area contributed by atoms with E-state index in [9.17, 15) is 19.7 Å². The molecule has 2 aliphatic carbocycles. The molecule has 1 fully saturated rings. The van der Waals surface area contributed by atoms with Crippen LogP contribution in [0.4, 0.5) is 11.4 Å². The molecule has 2 bridgehead atoms. The molecule has 0 radical (unpaired) electrons. The van der Waals surface area contributed by atoms with Crippen molar-refractivity contribution in [3.05, 3.63) is 46.5 Å². The van der Waals surface area contributed by atoms with Gasteiger partial charge in [-0.1, -0.05) is 12.2 Å². The summed E-state index contributed by atoms with van der Waals surface area (Å²) >= 11 is 0. The zero-order valence-corrected chi connectivity index (χ0v) is 12.3. The largest absolute Gasteiger partial charge is 0.455 e. The number of esters is 1. The quantitative estimate of drug-likeness (QED) is 0.389. The summed E-state index contributed by atoms with van der Waals surface area (Å²) in [4.78, 5) is 33.8. The third kappa shape index (κ3) is 3.39. The summed E-state index contributed by atoms with van der Waals surface area (Å²) in [5.41, 5.74) is 0.360. The molecule has 2 aliphatic rings. The number of anilines is 1. The highest BCUT2D eigenvalue weighted by molar-refractivity contribution is 5.93. The monoisotopic (exact) mass is 316 g/mol. The fraction of sp³-hybridized carbons (Fsp3) is 0.375. The molecule has 0 saturated heterocycles. The van der Waals surface area contributed by atoms with Gasteiger partial charge in [0.2, 0.25) is 0 Å². The number of fused-ring (bicyclic) bond motifs is 2. The Kier molecular flexibility index (Phi) is 4.10. The number of nitrogens with one attached hydrogen (secondary N) is 1. The van der Waals surface area contributed by atoms with Gasteiger partial charge in [0.15, 0.2) is 6.61 Å². The Morgan fingerprint density at radius 2 is 1.96 bits per heavy atom. The number of carbonyl (C=O) groups is 2. The topological polar surface area (TPSA) is 98.5 Å². The van der Waals surface area contributed by atoms with Gasteiger partial charge < -0.3 is 10.1 Å². The number of non-ortho nitro benzene ring substituents is 1. The van der Waals surface area contributed by atoms with Gasteiger partial charge in [0, 0.05) is 17.8 Å². The van der Waals surface area contributed by atoms with Gasteiger partial charge in [0.05, 0.1) is 10.8 Å². The summed E-state index contributed by atoms with van der Waals surface area (Å²) in [5, 5.41) is 13.1. The van der Waals surface area contributed by atoms with Crippen LogP contribution < -0.4 is 5.32 Å². The molecule has 1 aromatic rings. The lowest BCUT2D eigenvalue weighted by Crippen LogP contribution is -2.26. The molecule has 1 N–H and O–H groups in total. The Bertz CT molecular complexity index is 668. The summed E-state index contributed by atoms with van der Waals surface area (Å²) in [6.07, 6.45) is 5.98. The van der Waals surface area contributed by atoms with Crippen molar-refractivity contribution in [2.24, 2.45) is 17.8 Å². The number of benzene rings is 1. The smallest absolute Gasteiger partial charge is 0.310 e. The first-order valence-corrected chi connectivity index (χ1v) is 7.42. The Balaban J connectivity index is 1.47. The maximum absolute atomic E-state index is 12.0. The average molecular weight is 316 g/mol. The SMILES string of the molecule is O=C(COC(=O)[C@@H]1C[C@H]2C=C[C@H]1C2)Nc1ccc([N+](=O)[O-])cc1. The van der Waals surface area contributed by atoms with Crippen molar-refractivity contribution in [1.29, 1.82) is 0 Å². The predicted molar refractivity (Wildman–Crippen MR) is 81.5 cm³/mol. The number of nitro groups is 1. The van der Waals surface area contributed by atoms with Gasteiger partial charge in [-0.05, 0) is 36.8 Å². The van der Waals surface area contributed by atoms with Gasteiger partial charge in [-0.3, -0.25) is 19.7 Å². The van der Waals surface area contributed by atoms with E-state index in [-0.39, 0.29) is 30.1 Å². The van der Waals surface area contributed by atoms with E-state index in [2.05, 4.69) is 17.5 Å². The Morgan fingerprint density at radius 3 is 2.52 bits per heavy atom. The van der Waals surface area contributed by atoms with Gasteiger partial charge in [0.25, 0.3) is 11.6 Å². The normalized spacial score (nSPS) is 24.4. The highest BCUT2D eigenvalue weighted by Crippen LogP contribution is 2.43. The lowest BCUT2D eigenvalue weighted by molar-refractivity contribution is -0.384. The second-order valence-corrected chi connectivity index (χ2v) is 5.85. The van der Waals surface area contributed by atoms with Gasteiger partial charge in [0.1, 0.15) is 0 Å². The van der Waals surface area contributed by atoms with Crippen LogP contribution in [0.3, 0.4) is 0 Å². The van der Waals surface area contributed by atoms with Crippen LogP contribution in [-0.4, -0.2) is 23.4 Å². The number of hydrogen-bond donors (Lipinski definition) is 1. The third-order valence-electron chi connectivity index (χ3n) is 4.29. The lowest BCUT2D eigenvalue weighted by atomic mass is 9.94. The zero-order valence-electron chi connectivity index (χ0n) is 12.3. The minimum Gasteiger partial charge on any atom is -0.455 e. The molecule has 7 nitrogen and oxygen atoms in total. The van der Waals surface area contributed by atoms with E-state index in [1.165, 1.54) is 24.3 Å². The lowest BCUT2D eigenvalue weighted by Gasteiger charge is -2.16. The van der Waals surface area contributed by atoms with Crippen LogP contribution in [-0.2, 0) is 14.3 Å². The van der Waals surface area contributed by atoms with Crippen molar-refractivity contribution in [2.45, 2.75) is 12.8 Å². The molecule has 0 aromatic heterocycles. The maximum Gasteiger partial charge on any atom is 0.310 e. The molecular formula is C16H16N2O5. The van der Waals surface area contributed by atoms with E-state index >= 15 is 0 Å². The molecule has 3 rings (SSSR count). The van der Waals surface area contributed by atoms with Gasteiger partial charge in [-0.2, -0.15) is 0 Å². The Labute approximate surface area is 132 Å². The number of ether oxygens (including phenoxy) is 1.